The van der Waals surface area contributed by atoms with E-state index >= 15 is 0 Å². The van der Waals surface area contributed by atoms with Crippen molar-refractivity contribution in [2.75, 3.05) is 5.32 Å². The van der Waals surface area contributed by atoms with Crippen molar-refractivity contribution < 1.29 is 0 Å². The van der Waals surface area contributed by atoms with Crippen molar-refractivity contribution in [1.29, 1.82) is 10.5 Å². The Labute approximate surface area is 116 Å². The smallest absolute Gasteiger partial charge is 0.181 e. The van der Waals surface area contributed by atoms with Gasteiger partial charge in [0.05, 0.1) is 0 Å². The molecule has 2 aromatic rings. The lowest BCUT2D eigenvalue weighted by Crippen LogP contribution is -1.91. The first-order valence-corrected chi connectivity index (χ1v) is 6.05. The minimum absolute atomic E-state index is 0.0153. The minimum Gasteiger partial charge on any atom is -0.360 e. The first-order chi connectivity index (χ1) is 9.76. The molecule has 2 N–H and O–H groups in total. The van der Waals surface area contributed by atoms with E-state index in [-0.39, 0.29) is 5.57 Å². The molecule has 0 atom stereocenters. The van der Waals surface area contributed by atoms with Crippen LogP contribution in [0.1, 0.15) is 12.7 Å². The molecule has 1 aromatic heterocycles. The monoisotopic (exact) mass is 264 g/mol. The van der Waals surface area contributed by atoms with Crippen molar-refractivity contribution in [2.45, 2.75) is 13.3 Å². The van der Waals surface area contributed by atoms with Gasteiger partial charge in [0, 0.05) is 23.9 Å². The number of allylic oxidation sites excluding steroid dienone is 1. The molecule has 98 valence electrons. The number of nitrogens with one attached hydrogen (secondary N) is 2. The fraction of sp³-hybridized carbons (Fsp3) is 0.143. The summed E-state index contributed by atoms with van der Waals surface area (Å²) in [6.07, 6.45) is 2.16. The van der Waals surface area contributed by atoms with Gasteiger partial charge in [-0.3, -0.25) is 5.10 Å². The van der Waals surface area contributed by atoms with Crippen LogP contribution in [0.4, 0.5) is 5.69 Å². The van der Waals surface area contributed by atoms with Crippen LogP contribution in [0.3, 0.4) is 0 Å². The molecule has 20 heavy (non-hydrogen) atoms. The SMILES string of the molecule is CCc1nc(-c2cccc(NC=C(C#N)C#N)c2)n[nH]1. The minimum atomic E-state index is 0.0153. The highest BCUT2D eigenvalue weighted by Crippen LogP contribution is 2.19. The summed E-state index contributed by atoms with van der Waals surface area (Å²) in [5, 5.41) is 27.2. The summed E-state index contributed by atoms with van der Waals surface area (Å²) in [6.45, 7) is 2.00. The molecule has 0 bridgehead atoms. The Morgan fingerprint density at radius 2 is 2.20 bits per heavy atom. The summed E-state index contributed by atoms with van der Waals surface area (Å²) >= 11 is 0. The predicted octanol–water partition coefficient (Wildman–Crippen LogP) is 2.38. The Hall–Kier alpha value is -3.12. The van der Waals surface area contributed by atoms with Crippen LogP contribution in [-0.2, 0) is 6.42 Å². The maximum absolute atomic E-state index is 8.66. The van der Waals surface area contributed by atoms with Crippen LogP contribution in [0.5, 0.6) is 0 Å². The summed E-state index contributed by atoms with van der Waals surface area (Å²) in [4.78, 5) is 4.35. The maximum Gasteiger partial charge on any atom is 0.181 e. The van der Waals surface area contributed by atoms with Gasteiger partial charge in [0.2, 0.25) is 0 Å². The van der Waals surface area contributed by atoms with E-state index in [0.717, 1.165) is 23.5 Å². The van der Waals surface area contributed by atoms with Gasteiger partial charge >= 0.3 is 0 Å². The van der Waals surface area contributed by atoms with Crippen LogP contribution in [0.15, 0.2) is 36.0 Å². The van der Waals surface area contributed by atoms with Gasteiger partial charge in [0.25, 0.3) is 0 Å². The van der Waals surface area contributed by atoms with E-state index in [1.807, 2.05) is 31.2 Å². The number of hydrogen-bond donors (Lipinski definition) is 2. The molecule has 0 saturated carbocycles. The number of anilines is 1. The third-order valence-electron chi connectivity index (χ3n) is 2.61. The zero-order valence-electron chi connectivity index (χ0n) is 10.9. The van der Waals surface area contributed by atoms with Gasteiger partial charge in [-0.25, -0.2) is 4.98 Å². The largest absolute Gasteiger partial charge is 0.360 e. The molecule has 0 aliphatic carbocycles. The third kappa shape index (κ3) is 3.01. The number of aromatic amines is 1. The Balaban J connectivity index is 2.23. The molecule has 0 aliphatic heterocycles. The summed E-state index contributed by atoms with van der Waals surface area (Å²) in [6, 6.07) is 11.0. The average Bonchev–Trinajstić information content (AvgIpc) is 2.97. The molecule has 6 heteroatoms. The molecule has 0 radical (unpaired) electrons. The number of nitrogens with zero attached hydrogens (tertiary/aromatic N) is 4. The maximum atomic E-state index is 8.66. The molecule has 0 unspecified atom stereocenters. The summed E-state index contributed by atoms with van der Waals surface area (Å²) < 4.78 is 0. The summed E-state index contributed by atoms with van der Waals surface area (Å²) in [7, 11) is 0. The Morgan fingerprint density at radius 3 is 2.85 bits per heavy atom. The van der Waals surface area contributed by atoms with E-state index in [1.54, 1.807) is 12.1 Å². The molecule has 1 heterocycles. The molecule has 0 aliphatic rings. The van der Waals surface area contributed by atoms with Crippen molar-refractivity contribution in [2.24, 2.45) is 0 Å². The molecule has 0 fully saturated rings. The second kappa shape index (κ2) is 6.17. The number of benzene rings is 1. The van der Waals surface area contributed by atoms with Gasteiger partial charge in [0.1, 0.15) is 23.5 Å². The van der Waals surface area contributed by atoms with E-state index < -0.39 is 0 Å². The molecule has 0 amide bonds. The van der Waals surface area contributed by atoms with Gasteiger partial charge < -0.3 is 5.32 Å². The van der Waals surface area contributed by atoms with Crippen LogP contribution >= 0.6 is 0 Å². The zero-order valence-corrected chi connectivity index (χ0v) is 10.9. The second-order valence-corrected chi connectivity index (χ2v) is 3.97. The Morgan fingerprint density at radius 1 is 1.40 bits per heavy atom. The fourth-order valence-electron chi connectivity index (χ4n) is 1.58. The number of H-pyrrole nitrogens is 1. The molecule has 2 rings (SSSR count). The number of hydrogen-bond acceptors (Lipinski definition) is 5. The van der Waals surface area contributed by atoms with Gasteiger partial charge in [-0.2, -0.15) is 15.6 Å². The quantitative estimate of drug-likeness (QED) is 0.825. The van der Waals surface area contributed by atoms with Crippen LogP contribution < -0.4 is 5.32 Å². The molecule has 0 spiro atoms. The number of aryl methyl sites for hydroxylation is 1. The molecule has 0 saturated heterocycles. The lowest BCUT2D eigenvalue weighted by Gasteiger charge is -2.02. The number of nitriles is 2. The fourth-order valence-corrected chi connectivity index (χ4v) is 1.58. The highest BCUT2D eigenvalue weighted by molar-refractivity contribution is 5.63. The summed E-state index contributed by atoms with van der Waals surface area (Å²) in [5.41, 5.74) is 1.63. The Kier molecular flexibility index (Phi) is 4.10. The molecular weight excluding hydrogens is 252 g/mol. The van der Waals surface area contributed by atoms with Crippen LogP contribution in [0.2, 0.25) is 0 Å². The van der Waals surface area contributed by atoms with Gasteiger partial charge in [-0.05, 0) is 12.1 Å². The normalized spacial score (nSPS) is 9.35. The second-order valence-electron chi connectivity index (χ2n) is 3.97. The van der Waals surface area contributed by atoms with Crippen LogP contribution in [0.25, 0.3) is 11.4 Å². The van der Waals surface area contributed by atoms with E-state index in [2.05, 4.69) is 20.5 Å². The van der Waals surface area contributed by atoms with Crippen LogP contribution in [-0.4, -0.2) is 15.2 Å². The third-order valence-corrected chi connectivity index (χ3v) is 2.61. The number of rotatable bonds is 4. The van der Waals surface area contributed by atoms with Gasteiger partial charge in [-0.1, -0.05) is 19.1 Å². The lowest BCUT2D eigenvalue weighted by atomic mass is 10.2. The van der Waals surface area contributed by atoms with Crippen molar-refractivity contribution in [1.82, 2.24) is 15.2 Å². The zero-order chi connectivity index (χ0) is 14.4. The Bertz CT molecular complexity index is 698. The van der Waals surface area contributed by atoms with E-state index in [4.69, 9.17) is 10.5 Å². The molecule has 1 aromatic carbocycles. The highest BCUT2D eigenvalue weighted by atomic mass is 15.2. The first kappa shape index (κ1) is 13.3. The molecule has 6 nitrogen and oxygen atoms in total. The predicted molar refractivity (Wildman–Crippen MR) is 74.1 cm³/mol. The van der Waals surface area contributed by atoms with E-state index in [0.29, 0.717) is 5.82 Å². The van der Waals surface area contributed by atoms with Crippen molar-refractivity contribution in [3.8, 4) is 23.5 Å². The first-order valence-electron chi connectivity index (χ1n) is 6.05. The van der Waals surface area contributed by atoms with Crippen LogP contribution in [0, 0.1) is 22.7 Å². The molecular formula is C14H12N6. The van der Waals surface area contributed by atoms with Crippen molar-refractivity contribution in [3.05, 3.63) is 41.9 Å². The van der Waals surface area contributed by atoms with E-state index in [9.17, 15) is 0 Å². The standard InChI is InChI=1S/C14H12N6/c1-2-13-18-14(20-19-13)11-4-3-5-12(6-11)17-9-10(7-15)8-16/h3-6,9,17H,2H2,1H3,(H,18,19,20). The van der Waals surface area contributed by atoms with Gasteiger partial charge in [-0.15, -0.1) is 0 Å². The average molecular weight is 264 g/mol. The van der Waals surface area contributed by atoms with Crippen molar-refractivity contribution in [3.63, 3.8) is 0 Å². The van der Waals surface area contributed by atoms with E-state index in [1.165, 1.54) is 6.20 Å². The lowest BCUT2D eigenvalue weighted by molar-refractivity contribution is 0.946. The van der Waals surface area contributed by atoms with Gasteiger partial charge in [0.15, 0.2) is 5.82 Å². The van der Waals surface area contributed by atoms with Crippen molar-refractivity contribution >= 4 is 5.69 Å². The highest BCUT2D eigenvalue weighted by Gasteiger charge is 2.05. The summed E-state index contributed by atoms with van der Waals surface area (Å²) in [5.74, 6) is 1.45. The topological polar surface area (TPSA) is 101 Å². The number of aromatic nitrogens is 3.